The van der Waals surface area contributed by atoms with E-state index in [1.54, 1.807) is 16.9 Å². The summed E-state index contributed by atoms with van der Waals surface area (Å²) >= 11 is 0. The van der Waals surface area contributed by atoms with E-state index in [9.17, 15) is 0 Å². The maximum absolute atomic E-state index is 8.77. The monoisotopic (exact) mass is 163 g/mol. The van der Waals surface area contributed by atoms with Crippen LogP contribution in [0.4, 0.5) is 0 Å². The Morgan fingerprint density at radius 2 is 2.50 bits per heavy atom. The first kappa shape index (κ1) is 6.20. The van der Waals surface area contributed by atoms with Crippen molar-refractivity contribution in [3.63, 3.8) is 0 Å². The van der Waals surface area contributed by atoms with E-state index < -0.39 is 0 Å². The highest BCUT2D eigenvalue weighted by molar-refractivity contribution is 5.78. The number of aromatic nitrogens is 2. The van der Waals surface area contributed by atoms with Crippen LogP contribution < -0.4 is 0 Å². The smallest absolute Gasteiger partial charge is 0.0683 e. The molecule has 0 radical (unpaired) electrons. The van der Waals surface area contributed by atoms with Crippen LogP contribution in [-0.4, -0.2) is 21.5 Å². The molecule has 3 nitrogen and oxygen atoms in total. The van der Waals surface area contributed by atoms with Crippen molar-refractivity contribution in [2.45, 2.75) is 6.54 Å². The number of aliphatic hydroxyl groups excluding tert-OH is 1. The number of aliphatic hydroxyl groups is 1. The number of hydrogen-bond donors (Lipinski definition) is 1. The van der Waals surface area contributed by atoms with E-state index in [1.807, 2.05) is 12.1 Å². The number of hydrogen-bond acceptors (Lipinski definition) is 2. The largest absolute Gasteiger partial charge is 0.394 e. The molecule has 0 aliphatic rings. The van der Waals surface area contributed by atoms with E-state index in [1.165, 1.54) is 0 Å². The van der Waals surface area contributed by atoms with Crippen LogP contribution >= 0.6 is 0 Å². The van der Waals surface area contributed by atoms with Gasteiger partial charge >= 0.3 is 0 Å². The Labute approximate surface area is 71.6 Å². The Bertz CT molecular complexity index is 424. The fourth-order valence-electron chi connectivity index (χ4n) is 1.22. The fourth-order valence-corrected chi connectivity index (χ4v) is 1.22. The van der Waals surface area contributed by atoms with Gasteiger partial charge in [0.15, 0.2) is 0 Å². The second-order valence-electron chi connectivity index (χ2n) is 2.57. The summed E-state index contributed by atoms with van der Waals surface area (Å²) in [5.41, 5.74) is 0.788. The molecule has 0 fully saturated rings. The molecule has 0 aliphatic heterocycles. The van der Waals surface area contributed by atoms with Crippen LogP contribution in [0.1, 0.15) is 1.37 Å². The van der Waals surface area contributed by atoms with Crippen molar-refractivity contribution < 1.29 is 6.48 Å². The van der Waals surface area contributed by atoms with Crippen molar-refractivity contribution in [1.82, 2.24) is 9.78 Å². The molecule has 0 unspecified atom stereocenters. The standard InChI is InChI=1S/C9H10N2O/c12-6-5-11-9-4-2-1-3-8(9)7-10-11/h1-4,7,12H,5-6H2/i4D. The lowest BCUT2D eigenvalue weighted by Crippen LogP contribution is -2.02. The highest BCUT2D eigenvalue weighted by Gasteiger charge is 1.98. The molecule has 0 bridgehead atoms. The van der Waals surface area contributed by atoms with Gasteiger partial charge in [-0.15, -0.1) is 0 Å². The molecule has 2 aromatic rings. The summed E-state index contributed by atoms with van der Waals surface area (Å²) in [6, 6.07) is 5.91. The average molecular weight is 163 g/mol. The van der Waals surface area contributed by atoms with Crippen molar-refractivity contribution in [2.24, 2.45) is 0 Å². The normalized spacial score (nSPS) is 11.9. The van der Waals surface area contributed by atoms with Gasteiger partial charge in [-0.25, -0.2) is 0 Å². The minimum Gasteiger partial charge on any atom is -0.394 e. The van der Waals surface area contributed by atoms with Crippen molar-refractivity contribution in [1.29, 1.82) is 0 Å². The van der Waals surface area contributed by atoms with Gasteiger partial charge in [0.05, 0.1) is 26.2 Å². The van der Waals surface area contributed by atoms with Gasteiger partial charge in [0.1, 0.15) is 0 Å². The first-order chi connectivity index (χ1) is 6.33. The summed E-state index contributed by atoms with van der Waals surface area (Å²) in [7, 11) is 0. The number of rotatable bonds is 2. The SMILES string of the molecule is [2H]c1cccc2cnn(CCO)c12. The number of nitrogens with zero attached hydrogens (tertiary/aromatic N) is 2. The maximum atomic E-state index is 8.77. The zero-order valence-corrected chi connectivity index (χ0v) is 6.57. The van der Waals surface area contributed by atoms with Gasteiger partial charge in [0.25, 0.3) is 0 Å². The lowest BCUT2D eigenvalue weighted by Gasteiger charge is -1.98. The topological polar surface area (TPSA) is 38.0 Å². The molecule has 0 amide bonds. The van der Waals surface area contributed by atoms with Crippen molar-refractivity contribution in [3.8, 4) is 0 Å². The number of fused-ring (bicyclic) bond motifs is 1. The van der Waals surface area contributed by atoms with Gasteiger partial charge < -0.3 is 5.11 Å². The zero-order valence-electron chi connectivity index (χ0n) is 7.57. The summed E-state index contributed by atoms with van der Waals surface area (Å²) in [6.07, 6.45) is 1.71. The molecule has 0 saturated carbocycles. The van der Waals surface area contributed by atoms with Crippen LogP contribution in [0.3, 0.4) is 0 Å². The first-order valence-corrected chi connectivity index (χ1v) is 3.85. The Hall–Kier alpha value is -1.35. The van der Waals surface area contributed by atoms with Gasteiger partial charge in [-0.3, -0.25) is 4.68 Å². The highest BCUT2D eigenvalue weighted by Crippen LogP contribution is 2.11. The van der Waals surface area contributed by atoms with E-state index in [0.717, 1.165) is 10.9 Å². The van der Waals surface area contributed by atoms with Crippen molar-refractivity contribution in [2.75, 3.05) is 6.61 Å². The van der Waals surface area contributed by atoms with E-state index >= 15 is 0 Å². The molecule has 0 aliphatic carbocycles. The fraction of sp³-hybridized carbons (Fsp3) is 0.222. The molecule has 0 atom stereocenters. The first-order valence-electron chi connectivity index (χ1n) is 4.35. The lowest BCUT2D eigenvalue weighted by atomic mass is 10.3. The second kappa shape index (κ2) is 2.95. The van der Waals surface area contributed by atoms with Gasteiger partial charge in [0, 0.05) is 5.39 Å². The molecule has 0 spiro atoms. The van der Waals surface area contributed by atoms with Crippen LogP contribution in [0.15, 0.2) is 30.4 Å². The molecule has 0 saturated heterocycles. The van der Waals surface area contributed by atoms with Gasteiger partial charge in [-0.1, -0.05) is 18.2 Å². The summed E-state index contributed by atoms with van der Waals surface area (Å²) < 4.78 is 9.31. The minimum absolute atomic E-state index is 0.0467. The van der Waals surface area contributed by atoms with Crippen molar-refractivity contribution >= 4 is 10.9 Å². The third kappa shape index (κ3) is 1.08. The molecular formula is C9H10N2O. The van der Waals surface area contributed by atoms with Crippen LogP contribution in [0.25, 0.3) is 10.9 Å². The van der Waals surface area contributed by atoms with Crippen LogP contribution in [-0.2, 0) is 6.54 Å². The summed E-state index contributed by atoms with van der Waals surface area (Å²) in [6.45, 7) is 0.491. The van der Waals surface area contributed by atoms with Crippen LogP contribution in [0.5, 0.6) is 0 Å². The predicted octanol–water partition coefficient (Wildman–Crippen LogP) is 1.03. The highest BCUT2D eigenvalue weighted by atomic mass is 16.3. The van der Waals surface area contributed by atoms with Gasteiger partial charge in [-0.05, 0) is 6.04 Å². The van der Waals surface area contributed by atoms with Crippen LogP contribution in [0.2, 0.25) is 0 Å². The Morgan fingerprint density at radius 3 is 3.33 bits per heavy atom. The van der Waals surface area contributed by atoms with Gasteiger partial charge in [-0.2, -0.15) is 5.10 Å². The summed E-state index contributed by atoms with van der Waals surface area (Å²) in [4.78, 5) is 0. The molecular weight excluding hydrogens is 152 g/mol. The zero-order chi connectivity index (χ0) is 9.26. The van der Waals surface area contributed by atoms with Gasteiger partial charge in [0.2, 0.25) is 0 Å². The minimum atomic E-state index is 0.0467. The van der Waals surface area contributed by atoms with E-state index in [2.05, 4.69) is 5.10 Å². The Kier molecular flexibility index (Phi) is 1.52. The molecule has 1 aromatic heterocycles. The number of benzene rings is 1. The molecule has 1 aromatic carbocycles. The molecule has 2 rings (SSSR count). The second-order valence-corrected chi connectivity index (χ2v) is 2.57. The lowest BCUT2D eigenvalue weighted by molar-refractivity contribution is 0.271. The number of para-hydroxylation sites is 1. The van der Waals surface area contributed by atoms with Crippen LogP contribution in [0, 0.1) is 0 Å². The Balaban J connectivity index is 2.64. The summed E-state index contributed by atoms with van der Waals surface area (Å²) in [5, 5.41) is 13.8. The maximum Gasteiger partial charge on any atom is 0.0683 e. The predicted molar refractivity (Wildman–Crippen MR) is 46.8 cm³/mol. The molecule has 1 N–H and O–H groups in total. The quantitative estimate of drug-likeness (QED) is 0.718. The Morgan fingerprint density at radius 1 is 1.58 bits per heavy atom. The summed E-state index contributed by atoms with van der Waals surface area (Å²) in [5.74, 6) is 0. The molecule has 1 heterocycles. The van der Waals surface area contributed by atoms with E-state index in [4.69, 9.17) is 6.48 Å². The molecule has 3 heteroatoms. The third-order valence-electron chi connectivity index (χ3n) is 1.77. The van der Waals surface area contributed by atoms with Crippen molar-refractivity contribution in [3.05, 3.63) is 30.4 Å². The van der Waals surface area contributed by atoms with E-state index in [0.29, 0.717) is 12.6 Å². The van der Waals surface area contributed by atoms with E-state index in [-0.39, 0.29) is 6.61 Å². The average Bonchev–Trinajstić information content (AvgIpc) is 2.51. The molecule has 62 valence electrons. The molecule has 12 heavy (non-hydrogen) atoms. The third-order valence-corrected chi connectivity index (χ3v) is 1.77.